The summed E-state index contributed by atoms with van der Waals surface area (Å²) in [5.41, 5.74) is 0.788. The Bertz CT molecular complexity index is 732. The Morgan fingerprint density at radius 3 is 2.46 bits per heavy atom. The van der Waals surface area contributed by atoms with Crippen LogP contribution in [0.4, 0.5) is 11.4 Å². The van der Waals surface area contributed by atoms with Crippen LogP contribution in [-0.2, 0) is 4.79 Å². The third-order valence-corrected chi connectivity index (χ3v) is 4.33. The first-order chi connectivity index (χ1) is 12.6. The summed E-state index contributed by atoms with van der Waals surface area (Å²) in [6.07, 6.45) is 0.904. The average molecular weight is 376 g/mol. The molecule has 0 bridgehead atoms. The predicted molar refractivity (Wildman–Crippen MR) is 100 cm³/mol. The first kappa shape index (κ1) is 19.4. The zero-order valence-corrected chi connectivity index (χ0v) is 14.9. The Morgan fingerprint density at radius 1 is 1.04 bits per heavy atom. The number of benzene rings is 1. The predicted octanol–water partition coefficient (Wildman–Crippen LogP) is 2.39. The summed E-state index contributed by atoms with van der Waals surface area (Å²) >= 11 is 1.38. The number of nitro benzene ring substituents is 1. The molecule has 1 aromatic carbocycles. The van der Waals surface area contributed by atoms with Crippen LogP contribution in [0.5, 0.6) is 0 Å². The minimum Gasteiger partial charge on any atom is -0.383 e. The van der Waals surface area contributed by atoms with E-state index in [9.17, 15) is 19.7 Å². The molecule has 0 fully saturated rings. The SMILES string of the molecule is O=C(CCCNC(=O)c1cccs1)NCCNc1ccc([N+](=O)[O-])cc1. The number of amides is 2. The molecule has 1 heterocycles. The molecule has 2 rings (SSSR count). The molecular weight excluding hydrogens is 356 g/mol. The molecule has 2 amide bonds. The lowest BCUT2D eigenvalue weighted by Gasteiger charge is -2.08. The third-order valence-electron chi connectivity index (χ3n) is 3.47. The van der Waals surface area contributed by atoms with E-state index in [1.54, 1.807) is 18.2 Å². The molecule has 26 heavy (non-hydrogen) atoms. The highest BCUT2D eigenvalue weighted by molar-refractivity contribution is 7.12. The van der Waals surface area contributed by atoms with Crippen LogP contribution in [-0.4, -0.2) is 36.4 Å². The Balaban J connectivity index is 1.53. The van der Waals surface area contributed by atoms with Gasteiger partial charge in [-0.1, -0.05) is 6.07 Å². The highest BCUT2D eigenvalue weighted by Crippen LogP contribution is 2.14. The van der Waals surface area contributed by atoms with E-state index in [2.05, 4.69) is 16.0 Å². The van der Waals surface area contributed by atoms with Crippen molar-refractivity contribution < 1.29 is 14.5 Å². The van der Waals surface area contributed by atoms with E-state index < -0.39 is 4.92 Å². The maximum Gasteiger partial charge on any atom is 0.269 e. The van der Waals surface area contributed by atoms with Gasteiger partial charge in [0.2, 0.25) is 5.91 Å². The van der Waals surface area contributed by atoms with Crippen molar-refractivity contribution in [1.29, 1.82) is 0 Å². The van der Waals surface area contributed by atoms with Gasteiger partial charge in [-0.05, 0) is 30.0 Å². The third kappa shape index (κ3) is 6.52. The number of anilines is 1. The molecule has 0 radical (unpaired) electrons. The first-order valence-electron chi connectivity index (χ1n) is 8.13. The van der Waals surface area contributed by atoms with E-state index in [1.165, 1.54) is 23.5 Å². The van der Waals surface area contributed by atoms with E-state index >= 15 is 0 Å². The minimum atomic E-state index is -0.452. The van der Waals surface area contributed by atoms with E-state index in [-0.39, 0.29) is 17.5 Å². The molecule has 0 aliphatic heterocycles. The molecule has 138 valence electrons. The van der Waals surface area contributed by atoms with Crippen LogP contribution in [0.2, 0.25) is 0 Å². The molecular formula is C17H20N4O4S. The number of hydrogen-bond acceptors (Lipinski definition) is 6. The molecule has 0 spiro atoms. The van der Waals surface area contributed by atoms with Gasteiger partial charge < -0.3 is 16.0 Å². The normalized spacial score (nSPS) is 10.2. The Labute approximate surface area is 154 Å². The summed E-state index contributed by atoms with van der Waals surface area (Å²) in [5, 5.41) is 21.0. The van der Waals surface area contributed by atoms with E-state index in [0.29, 0.717) is 37.4 Å². The molecule has 2 aromatic rings. The second kappa shape index (κ2) is 10.1. The number of nitrogens with one attached hydrogen (secondary N) is 3. The number of nitro groups is 1. The number of rotatable bonds is 10. The minimum absolute atomic E-state index is 0.0371. The van der Waals surface area contributed by atoms with Crippen LogP contribution in [0.1, 0.15) is 22.5 Å². The fourth-order valence-corrected chi connectivity index (χ4v) is 2.78. The van der Waals surface area contributed by atoms with Crippen molar-refractivity contribution in [2.24, 2.45) is 0 Å². The Kier molecular flexibility index (Phi) is 7.56. The monoisotopic (exact) mass is 376 g/mol. The Morgan fingerprint density at radius 2 is 1.81 bits per heavy atom. The second-order valence-corrected chi connectivity index (χ2v) is 6.37. The van der Waals surface area contributed by atoms with Gasteiger partial charge in [-0.25, -0.2) is 0 Å². The number of non-ortho nitro benzene ring substituents is 1. The van der Waals surface area contributed by atoms with Crippen molar-refractivity contribution in [3.63, 3.8) is 0 Å². The zero-order valence-electron chi connectivity index (χ0n) is 14.1. The van der Waals surface area contributed by atoms with E-state index in [4.69, 9.17) is 0 Å². The van der Waals surface area contributed by atoms with Crippen LogP contribution in [0, 0.1) is 10.1 Å². The van der Waals surface area contributed by atoms with Gasteiger partial charge in [0, 0.05) is 43.9 Å². The standard InChI is InChI=1S/C17H20N4O4S/c22-16(4-1-9-20-17(23)15-3-2-12-26-15)19-11-10-18-13-5-7-14(8-6-13)21(24)25/h2-3,5-8,12,18H,1,4,9-11H2,(H,19,22)(H,20,23). The van der Waals surface area contributed by atoms with Gasteiger partial charge in [-0.2, -0.15) is 0 Å². The summed E-state index contributed by atoms with van der Waals surface area (Å²) in [4.78, 5) is 34.2. The van der Waals surface area contributed by atoms with Crippen LogP contribution in [0.15, 0.2) is 41.8 Å². The summed E-state index contributed by atoms with van der Waals surface area (Å²) in [5.74, 6) is -0.200. The molecule has 0 unspecified atom stereocenters. The lowest BCUT2D eigenvalue weighted by atomic mass is 10.3. The van der Waals surface area contributed by atoms with Crippen molar-refractivity contribution in [3.8, 4) is 0 Å². The van der Waals surface area contributed by atoms with E-state index in [1.807, 2.05) is 11.4 Å². The summed E-state index contributed by atoms with van der Waals surface area (Å²) in [6, 6.07) is 9.66. The molecule has 0 saturated carbocycles. The smallest absolute Gasteiger partial charge is 0.269 e. The van der Waals surface area contributed by atoms with Crippen LogP contribution < -0.4 is 16.0 Å². The van der Waals surface area contributed by atoms with Crippen molar-refractivity contribution in [1.82, 2.24) is 10.6 Å². The topological polar surface area (TPSA) is 113 Å². The van der Waals surface area contributed by atoms with Gasteiger partial charge in [0.1, 0.15) is 0 Å². The van der Waals surface area contributed by atoms with Crippen molar-refractivity contribution >= 4 is 34.5 Å². The summed E-state index contributed by atoms with van der Waals surface area (Å²) in [7, 11) is 0. The number of carbonyl (C=O) groups is 2. The van der Waals surface area contributed by atoms with Gasteiger partial charge in [0.05, 0.1) is 9.80 Å². The molecule has 1 aromatic heterocycles. The highest BCUT2D eigenvalue weighted by atomic mass is 32.1. The van der Waals surface area contributed by atoms with Crippen molar-refractivity contribution in [3.05, 3.63) is 56.8 Å². The first-order valence-corrected chi connectivity index (χ1v) is 9.01. The van der Waals surface area contributed by atoms with Crippen LogP contribution in [0.3, 0.4) is 0 Å². The molecule has 0 aliphatic rings. The number of thiophene rings is 1. The largest absolute Gasteiger partial charge is 0.383 e. The van der Waals surface area contributed by atoms with Gasteiger partial charge in [-0.15, -0.1) is 11.3 Å². The van der Waals surface area contributed by atoms with Gasteiger partial charge in [0.25, 0.3) is 11.6 Å². The number of carbonyl (C=O) groups excluding carboxylic acids is 2. The molecule has 3 N–H and O–H groups in total. The van der Waals surface area contributed by atoms with Crippen molar-refractivity contribution in [2.75, 3.05) is 25.0 Å². The number of nitrogens with zero attached hydrogens (tertiary/aromatic N) is 1. The quantitative estimate of drug-likeness (QED) is 0.335. The van der Waals surface area contributed by atoms with Gasteiger partial charge in [0.15, 0.2) is 0 Å². The summed E-state index contributed by atoms with van der Waals surface area (Å²) < 4.78 is 0. The van der Waals surface area contributed by atoms with Crippen LogP contribution >= 0.6 is 11.3 Å². The number of hydrogen-bond donors (Lipinski definition) is 3. The highest BCUT2D eigenvalue weighted by Gasteiger charge is 2.06. The van der Waals surface area contributed by atoms with Crippen LogP contribution in [0.25, 0.3) is 0 Å². The van der Waals surface area contributed by atoms with E-state index in [0.717, 1.165) is 5.69 Å². The summed E-state index contributed by atoms with van der Waals surface area (Å²) in [6.45, 7) is 1.40. The van der Waals surface area contributed by atoms with Crippen molar-refractivity contribution in [2.45, 2.75) is 12.8 Å². The fourth-order valence-electron chi connectivity index (χ4n) is 2.14. The molecule has 0 aliphatic carbocycles. The molecule has 9 heteroatoms. The lowest BCUT2D eigenvalue weighted by Crippen LogP contribution is -2.30. The molecule has 0 saturated heterocycles. The second-order valence-electron chi connectivity index (χ2n) is 5.42. The zero-order chi connectivity index (χ0) is 18.8. The lowest BCUT2D eigenvalue weighted by molar-refractivity contribution is -0.384. The fraction of sp³-hybridized carbons (Fsp3) is 0.294. The maximum atomic E-state index is 11.7. The maximum absolute atomic E-state index is 11.7. The molecule has 0 atom stereocenters. The Hall–Kier alpha value is -2.94. The average Bonchev–Trinajstić information content (AvgIpc) is 3.17. The van der Waals surface area contributed by atoms with Gasteiger partial charge in [-0.3, -0.25) is 19.7 Å². The molecule has 8 nitrogen and oxygen atoms in total. The van der Waals surface area contributed by atoms with Gasteiger partial charge >= 0.3 is 0 Å².